The van der Waals surface area contributed by atoms with Gasteiger partial charge in [-0.05, 0) is 37.5 Å². The molecule has 1 aromatic rings. The summed E-state index contributed by atoms with van der Waals surface area (Å²) in [4.78, 5) is 37.3. The fourth-order valence-corrected chi connectivity index (χ4v) is 4.21. The zero-order valence-electron chi connectivity index (χ0n) is 16.7. The summed E-state index contributed by atoms with van der Waals surface area (Å²) in [6, 6.07) is 4.65. The van der Waals surface area contributed by atoms with Crippen LogP contribution in [0.4, 0.5) is 10.5 Å². The maximum absolute atomic E-state index is 13.1. The molecule has 0 spiro atoms. The summed E-state index contributed by atoms with van der Waals surface area (Å²) in [6.07, 6.45) is 3.86. The van der Waals surface area contributed by atoms with Crippen LogP contribution in [0, 0.1) is 5.92 Å². The Morgan fingerprint density at radius 2 is 2.00 bits per heavy atom. The SMILES string of the molecule is CCOC(=O)Cc1ccc(NC(=O)NC2=NN(C)CS2)c(C(=O)C2CCCC2)c1. The summed E-state index contributed by atoms with van der Waals surface area (Å²) in [5, 5.41) is 11.9. The van der Waals surface area contributed by atoms with Gasteiger partial charge in [-0.1, -0.05) is 30.7 Å². The zero-order valence-corrected chi connectivity index (χ0v) is 17.5. The van der Waals surface area contributed by atoms with E-state index >= 15 is 0 Å². The van der Waals surface area contributed by atoms with Crippen LogP contribution in [0.15, 0.2) is 23.3 Å². The molecular formula is C20H26N4O4S. The maximum Gasteiger partial charge on any atom is 0.325 e. The minimum absolute atomic E-state index is 0.0100. The summed E-state index contributed by atoms with van der Waals surface area (Å²) < 4.78 is 5.00. The molecule has 0 saturated heterocycles. The molecule has 1 aliphatic heterocycles. The molecule has 29 heavy (non-hydrogen) atoms. The number of esters is 1. The highest BCUT2D eigenvalue weighted by molar-refractivity contribution is 8.14. The van der Waals surface area contributed by atoms with Crippen LogP contribution in [0.2, 0.25) is 0 Å². The minimum atomic E-state index is -0.454. The van der Waals surface area contributed by atoms with Crippen molar-refractivity contribution in [2.24, 2.45) is 11.0 Å². The third-order valence-corrected chi connectivity index (χ3v) is 5.81. The van der Waals surface area contributed by atoms with E-state index in [1.807, 2.05) is 7.05 Å². The smallest absolute Gasteiger partial charge is 0.325 e. The van der Waals surface area contributed by atoms with Crippen LogP contribution < -0.4 is 10.6 Å². The molecule has 2 N–H and O–H groups in total. The second-order valence-electron chi connectivity index (χ2n) is 7.12. The lowest BCUT2D eigenvalue weighted by Gasteiger charge is -2.15. The van der Waals surface area contributed by atoms with Crippen LogP contribution in [0.1, 0.15) is 48.5 Å². The van der Waals surface area contributed by atoms with Gasteiger partial charge < -0.3 is 10.1 Å². The maximum atomic E-state index is 13.1. The molecular weight excluding hydrogens is 392 g/mol. The number of nitrogens with zero attached hydrogens (tertiary/aromatic N) is 2. The number of rotatable bonds is 6. The lowest BCUT2D eigenvalue weighted by atomic mass is 9.93. The predicted molar refractivity (Wildman–Crippen MR) is 113 cm³/mol. The molecule has 8 nitrogen and oxygen atoms in total. The monoisotopic (exact) mass is 418 g/mol. The number of carbonyl (C=O) groups excluding carboxylic acids is 3. The Hall–Kier alpha value is -2.55. The molecule has 0 atom stereocenters. The van der Waals surface area contributed by atoms with E-state index in [4.69, 9.17) is 4.74 Å². The Morgan fingerprint density at radius 3 is 2.66 bits per heavy atom. The molecule has 1 heterocycles. The Bertz CT molecular complexity index is 821. The van der Waals surface area contributed by atoms with Crippen LogP contribution in [0.5, 0.6) is 0 Å². The number of ether oxygens (including phenoxy) is 1. The van der Waals surface area contributed by atoms with Gasteiger partial charge in [-0.3, -0.25) is 19.9 Å². The number of hydrogen-bond donors (Lipinski definition) is 2. The third-order valence-electron chi connectivity index (χ3n) is 4.85. The normalized spacial score (nSPS) is 16.5. The van der Waals surface area contributed by atoms with E-state index in [0.29, 0.717) is 34.5 Å². The van der Waals surface area contributed by atoms with Crippen molar-refractivity contribution in [3.05, 3.63) is 29.3 Å². The van der Waals surface area contributed by atoms with Crippen molar-refractivity contribution in [3.63, 3.8) is 0 Å². The summed E-state index contributed by atoms with van der Waals surface area (Å²) in [5.74, 6) is 0.296. The summed E-state index contributed by atoms with van der Waals surface area (Å²) >= 11 is 1.42. The molecule has 2 aliphatic rings. The molecule has 1 saturated carbocycles. The number of anilines is 1. The summed E-state index contributed by atoms with van der Waals surface area (Å²) in [5.41, 5.74) is 1.56. The van der Waals surface area contributed by atoms with Crippen LogP contribution in [0.3, 0.4) is 0 Å². The topological polar surface area (TPSA) is 100 Å². The molecule has 0 aromatic heterocycles. The molecule has 156 valence electrons. The average molecular weight is 419 g/mol. The average Bonchev–Trinajstić information content (AvgIpc) is 3.34. The zero-order chi connectivity index (χ0) is 20.8. The van der Waals surface area contributed by atoms with E-state index in [1.165, 1.54) is 11.8 Å². The largest absolute Gasteiger partial charge is 0.466 e. The fourth-order valence-electron chi connectivity index (χ4n) is 3.48. The van der Waals surface area contributed by atoms with E-state index in [-0.39, 0.29) is 24.1 Å². The molecule has 1 aromatic carbocycles. The number of ketones is 1. The fraction of sp³-hybridized carbons (Fsp3) is 0.500. The van der Waals surface area contributed by atoms with Gasteiger partial charge in [0.25, 0.3) is 0 Å². The van der Waals surface area contributed by atoms with Crippen molar-refractivity contribution < 1.29 is 19.1 Å². The number of Topliss-reactive ketones (excluding diaryl/α,β-unsaturated/α-hetero) is 1. The summed E-state index contributed by atoms with van der Waals surface area (Å²) in [7, 11) is 1.82. The van der Waals surface area contributed by atoms with Crippen molar-refractivity contribution >= 4 is 40.4 Å². The molecule has 9 heteroatoms. The first-order valence-electron chi connectivity index (χ1n) is 9.79. The molecule has 3 rings (SSSR count). The van der Waals surface area contributed by atoms with Gasteiger partial charge in [-0.2, -0.15) is 5.10 Å². The van der Waals surface area contributed by atoms with Crippen molar-refractivity contribution in [2.75, 3.05) is 24.8 Å². The van der Waals surface area contributed by atoms with Crippen molar-refractivity contribution in [3.8, 4) is 0 Å². The van der Waals surface area contributed by atoms with Gasteiger partial charge in [0, 0.05) is 18.5 Å². The number of amidine groups is 1. The number of urea groups is 1. The molecule has 0 bridgehead atoms. The first kappa shape index (κ1) is 21.2. The van der Waals surface area contributed by atoms with Gasteiger partial charge >= 0.3 is 12.0 Å². The molecule has 0 unspecified atom stereocenters. The number of thioether (sulfide) groups is 1. The van der Waals surface area contributed by atoms with E-state index < -0.39 is 6.03 Å². The quantitative estimate of drug-likeness (QED) is 0.544. The lowest BCUT2D eigenvalue weighted by molar-refractivity contribution is -0.142. The number of amides is 2. The van der Waals surface area contributed by atoms with Gasteiger partial charge in [-0.25, -0.2) is 4.79 Å². The number of hydrogen-bond acceptors (Lipinski definition) is 7. The minimum Gasteiger partial charge on any atom is -0.466 e. The van der Waals surface area contributed by atoms with Gasteiger partial charge in [0.2, 0.25) is 0 Å². The molecule has 0 radical (unpaired) electrons. The van der Waals surface area contributed by atoms with Crippen molar-refractivity contribution in [1.82, 2.24) is 10.3 Å². The van der Waals surface area contributed by atoms with Crippen LogP contribution in [0.25, 0.3) is 0 Å². The van der Waals surface area contributed by atoms with E-state index in [9.17, 15) is 14.4 Å². The Balaban J connectivity index is 1.78. The van der Waals surface area contributed by atoms with Crippen LogP contribution in [-0.4, -0.2) is 47.5 Å². The highest BCUT2D eigenvalue weighted by atomic mass is 32.2. The number of hydrazone groups is 1. The molecule has 2 amide bonds. The Kier molecular flexibility index (Phi) is 7.13. The molecule has 1 aliphatic carbocycles. The van der Waals surface area contributed by atoms with Gasteiger partial charge in [-0.15, -0.1) is 0 Å². The van der Waals surface area contributed by atoms with E-state index in [1.54, 1.807) is 30.1 Å². The highest BCUT2D eigenvalue weighted by Crippen LogP contribution is 2.31. The van der Waals surface area contributed by atoms with Crippen LogP contribution >= 0.6 is 11.8 Å². The molecule has 1 fully saturated rings. The second-order valence-corrected chi connectivity index (χ2v) is 8.06. The Labute approximate surface area is 174 Å². The summed E-state index contributed by atoms with van der Waals surface area (Å²) in [6.45, 7) is 2.06. The predicted octanol–water partition coefficient (Wildman–Crippen LogP) is 3.19. The van der Waals surface area contributed by atoms with Crippen molar-refractivity contribution in [1.29, 1.82) is 0 Å². The lowest BCUT2D eigenvalue weighted by Crippen LogP contribution is -2.32. The van der Waals surface area contributed by atoms with Crippen LogP contribution in [-0.2, 0) is 16.0 Å². The van der Waals surface area contributed by atoms with Crippen molar-refractivity contribution in [2.45, 2.75) is 39.0 Å². The second kappa shape index (κ2) is 9.78. The number of carbonyl (C=O) groups is 3. The first-order valence-corrected chi connectivity index (χ1v) is 10.8. The van der Waals surface area contributed by atoms with E-state index in [2.05, 4.69) is 15.7 Å². The first-order chi connectivity index (χ1) is 14.0. The highest BCUT2D eigenvalue weighted by Gasteiger charge is 2.27. The number of nitrogens with one attached hydrogen (secondary N) is 2. The van der Waals surface area contributed by atoms with E-state index in [0.717, 1.165) is 25.7 Å². The number of benzene rings is 1. The third kappa shape index (κ3) is 5.72. The van der Waals surface area contributed by atoms with Gasteiger partial charge in [0.05, 0.1) is 24.6 Å². The Morgan fingerprint density at radius 1 is 1.24 bits per heavy atom. The standard InChI is InChI=1S/C20H26N4O4S/c1-3-28-17(25)11-13-8-9-16(15(10-13)18(26)14-6-4-5-7-14)21-19(27)22-20-23-24(2)12-29-20/h8-10,14H,3-7,11-12H2,1-2H3,(H2,21,22,23,27). The van der Waals surface area contributed by atoms with Gasteiger partial charge in [0.1, 0.15) is 0 Å². The van der Waals surface area contributed by atoms with Gasteiger partial charge in [0.15, 0.2) is 11.0 Å².